The fourth-order valence-corrected chi connectivity index (χ4v) is 3.61. The minimum atomic E-state index is -0.577. The van der Waals surface area contributed by atoms with E-state index in [-0.39, 0.29) is 12.5 Å². The lowest BCUT2D eigenvalue weighted by molar-refractivity contribution is -0.141. The van der Waals surface area contributed by atoms with Crippen molar-refractivity contribution in [1.82, 2.24) is 4.90 Å². The van der Waals surface area contributed by atoms with E-state index in [1.165, 1.54) is 11.3 Å². The molecule has 2 aromatic rings. The van der Waals surface area contributed by atoms with E-state index in [9.17, 15) is 4.79 Å². The summed E-state index contributed by atoms with van der Waals surface area (Å²) in [4.78, 5) is 17.0. The van der Waals surface area contributed by atoms with Crippen molar-refractivity contribution in [2.24, 2.45) is 0 Å². The molecule has 4 rings (SSSR count). The average Bonchev–Trinajstić information content (AvgIpc) is 2.74. The normalized spacial score (nSPS) is 19.1. The van der Waals surface area contributed by atoms with E-state index in [1.807, 2.05) is 41.3 Å². The number of para-hydroxylation sites is 3. The van der Waals surface area contributed by atoms with Crippen LogP contribution in [0.25, 0.3) is 0 Å². The Morgan fingerprint density at radius 1 is 1.04 bits per heavy atom. The number of carbonyl (C=O) groups is 1. The van der Waals surface area contributed by atoms with E-state index in [2.05, 4.69) is 17.0 Å². The Morgan fingerprint density at radius 2 is 1.74 bits per heavy atom. The van der Waals surface area contributed by atoms with E-state index in [4.69, 9.17) is 14.2 Å². The molecule has 0 radical (unpaired) electrons. The van der Waals surface area contributed by atoms with Gasteiger partial charge < -0.3 is 24.0 Å². The molecule has 6 heteroatoms. The van der Waals surface area contributed by atoms with Crippen molar-refractivity contribution in [1.29, 1.82) is 0 Å². The highest BCUT2D eigenvalue weighted by Gasteiger charge is 2.32. The Balaban J connectivity index is 1.38. The first kappa shape index (κ1) is 17.7. The summed E-state index contributed by atoms with van der Waals surface area (Å²) in [5, 5.41) is 0. The molecule has 0 aliphatic carbocycles. The topological polar surface area (TPSA) is 51.2 Å². The summed E-state index contributed by atoms with van der Waals surface area (Å²) >= 11 is 0. The number of fused-ring (bicyclic) bond motifs is 1. The Morgan fingerprint density at radius 3 is 2.52 bits per heavy atom. The van der Waals surface area contributed by atoms with Crippen LogP contribution in [0.5, 0.6) is 11.5 Å². The summed E-state index contributed by atoms with van der Waals surface area (Å²) in [6.07, 6.45) is -0.577. The molecule has 6 nitrogen and oxygen atoms in total. The van der Waals surface area contributed by atoms with Crippen molar-refractivity contribution < 1.29 is 19.0 Å². The van der Waals surface area contributed by atoms with Crippen LogP contribution in [0.15, 0.2) is 48.5 Å². The highest BCUT2D eigenvalue weighted by Crippen LogP contribution is 2.31. The Bertz CT molecular complexity index is 802. The van der Waals surface area contributed by atoms with Gasteiger partial charge in [0.25, 0.3) is 5.91 Å². The molecule has 2 aromatic carbocycles. The predicted molar refractivity (Wildman–Crippen MR) is 102 cm³/mol. The number of hydrogen-bond donors (Lipinski definition) is 0. The highest BCUT2D eigenvalue weighted by atomic mass is 16.6. The standard InChI is InChI=1S/C21H24N2O4/c1-25-14-16-6-2-3-7-17(16)22-10-12-23(13-11-22)21(24)20-15-26-18-8-4-5-9-19(18)27-20/h2-9,20H,10-15H2,1H3/t20-/m1/s1. The van der Waals surface area contributed by atoms with Crippen LogP contribution in [0.1, 0.15) is 5.56 Å². The van der Waals surface area contributed by atoms with Crippen molar-refractivity contribution >= 4 is 11.6 Å². The fourth-order valence-electron chi connectivity index (χ4n) is 3.61. The third kappa shape index (κ3) is 3.71. The Hall–Kier alpha value is -2.73. The lowest BCUT2D eigenvalue weighted by Crippen LogP contribution is -2.54. The first-order chi connectivity index (χ1) is 13.3. The Labute approximate surface area is 159 Å². The number of anilines is 1. The van der Waals surface area contributed by atoms with E-state index in [1.54, 1.807) is 7.11 Å². The van der Waals surface area contributed by atoms with Crippen LogP contribution in [0.3, 0.4) is 0 Å². The molecule has 27 heavy (non-hydrogen) atoms. The number of hydrogen-bond acceptors (Lipinski definition) is 5. The van der Waals surface area contributed by atoms with Crippen molar-refractivity contribution in [2.45, 2.75) is 12.7 Å². The molecule has 1 atom stereocenters. The maximum absolute atomic E-state index is 12.9. The van der Waals surface area contributed by atoms with Crippen LogP contribution in [0.2, 0.25) is 0 Å². The molecule has 142 valence electrons. The lowest BCUT2D eigenvalue weighted by atomic mass is 10.1. The van der Waals surface area contributed by atoms with Gasteiger partial charge in [-0.25, -0.2) is 0 Å². The molecule has 1 saturated heterocycles. The summed E-state index contributed by atoms with van der Waals surface area (Å²) in [7, 11) is 1.71. The first-order valence-corrected chi connectivity index (χ1v) is 9.25. The molecule has 0 saturated carbocycles. The third-order valence-corrected chi connectivity index (χ3v) is 5.01. The fraction of sp³-hybridized carbons (Fsp3) is 0.381. The van der Waals surface area contributed by atoms with Crippen LogP contribution in [-0.4, -0.2) is 56.8 Å². The highest BCUT2D eigenvalue weighted by molar-refractivity contribution is 5.82. The van der Waals surface area contributed by atoms with Gasteiger partial charge in [-0.15, -0.1) is 0 Å². The second-order valence-electron chi connectivity index (χ2n) is 6.74. The van der Waals surface area contributed by atoms with Gasteiger partial charge in [0, 0.05) is 44.5 Å². The summed E-state index contributed by atoms with van der Waals surface area (Å²) in [6.45, 7) is 3.76. The van der Waals surface area contributed by atoms with Crippen LogP contribution in [0, 0.1) is 0 Å². The van der Waals surface area contributed by atoms with Gasteiger partial charge in [-0.05, 0) is 18.2 Å². The van der Waals surface area contributed by atoms with Gasteiger partial charge >= 0.3 is 0 Å². The van der Waals surface area contributed by atoms with Gasteiger partial charge in [-0.3, -0.25) is 4.79 Å². The molecule has 0 unspecified atom stereocenters. The van der Waals surface area contributed by atoms with Gasteiger partial charge in [0.2, 0.25) is 6.10 Å². The molecular formula is C21H24N2O4. The summed E-state index contributed by atoms with van der Waals surface area (Å²) in [6, 6.07) is 15.7. The zero-order chi connectivity index (χ0) is 18.6. The predicted octanol–water partition coefficient (Wildman–Crippen LogP) is 2.32. The van der Waals surface area contributed by atoms with Crippen molar-refractivity contribution in [3.8, 4) is 11.5 Å². The molecule has 0 aromatic heterocycles. The first-order valence-electron chi connectivity index (χ1n) is 9.25. The number of ether oxygens (including phenoxy) is 3. The molecule has 1 fully saturated rings. The number of amides is 1. The minimum Gasteiger partial charge on any atom is -0.485 e. The monoisotopic (exact) mass is 368 g/mol. The quantitative estimate of drug-likeness (QED) is 0.829. The largest absolute Gasteiger partial charge is 0.485 e. The van der Waals surface area contributed by atoms with Gasteiger partial charge in [0.05, 0.1) is 6.61 Å². The molecule has 1 amide bonds. The van der Waals surface area contributed by atoms with Gasteiger partial charge in [-0.2, -0.15) is 0 Å². The van der Waals surface area contributed by atoms with Gasteiger partial charge in [0.1, 0.15) is 6.61 Å². The maximum atomic E-state index is 12.9. The number of carbonyl (C=O) groups excluding carboxylic acids is 1. The summed E-state index contributed by atoms with van der Waals surface area (Å²) < 4.78 is 16.9. The second-order valence-corrected chi connectivity index (χ2v) is 6.74. The van der Waals surface area contributed by atoms with Gasteiger partial charge in [-0.1, -0.05) is 30.3 Å². The average molecular weight is 368 g/mol. The van der Waals surface area contributed by atoms with E-state index >= 15 is 0 Å². The molecule has 0 N–H and O–H groups in total. The van der Waals surface area contributed by atoms with Crippen LogP contribution < -0.4 is 14.4 Å². The number of rotatable bonds is 4. The smallest absolute Gasteiger partial charge is 0.267 e. The van der Waals surface area contributed by atoms with Crippen molar-refractivity contribution in [2.75, 3.05) is 44.8 Å². The summed E-state index contributed by atoms with van der Waals surface area (Å²) in [5.41, 5.74) is 2.35. The van der Waals surface area contributed by atoms with Crippen LogP contribution in [0.4, 0.5) is 5.69 Å². The lowest BCUT2D eigenvalue weighted by Gasteiger charge is -2.38. The van der Waals surface area contributed by atoms with Crippen LogP contribution in [-0.2, 0) is 16.1 Å². The molecule has 0 bridgehead atoms. The number of benzene rings is 2. The molecular weight excluding hydrogens is 344 g/mol. The molecule has 2 aliphatic heterocycles. The summed E-state index contributed by atoms with van der Waals surface area (Å²) in [5.74, 6) is 1.32. The van der Waals surface area contributed by atoms with Crippen LogP contribution >= 0.6 is 0 Å². The SMILES string of the molecule is COCc1ccccc1N1CCN(C(=O)[C@H]2COc3ccccc3O2)CC1. The maximum Gasteiger partial charge on any atom is 0.267 e. The Kier molecular flexibility index (Phi) is 5.16. The number of nitrogens with zero attached hydrogens (tertiary/aromatic N) is 2. The zero-order valence-electron chi connectivity index (χ0n) is 15.5. The van der Waals surface area contributed by atoms with E-state index in [0.29, 0.717) is 31.2 Å². The van der Waals surface area contributed by atoms with E-state index in [0.717, 1.165) is 13.1 Å². The third-order valence-electron chi connectivity index (χ3n) is 5.01. The molecule has 0 spiro atoms. The van der Waals surface area contributed by atoms with Gasteiger partial charge in [0.15, 0.2) is 11.5 Å². The van der Waals surface area contributed by atoms with Crippen molar-refractivity contribution in [3.05, 3.63) is 54.1 Å². The number of methoxy groups -OCH3 is 1. The molecule has 2 aliphatic rings. The van der Waals surface area contributed by atoms with Crippen molar-refractivity contribution in [3.63, 3.8) is 0 Å². The molecule has 2 heterocycles. The second kappa shape index (κ2) is 7.88. The minimum absolute atomic E-state index is 0.00525. The number of piperazine rings is 1. The zero-order valence-corrected chi connectivity index (χ0v) is 15.5. The van der Waals surface area contributed by atoms with E-state index < -0.39 is 6.10 Å².